The van der Waals surface area contributed by atoms with Crippen molar-refractivity contribution < 1.29 is 0 Å². The molecule has 0 atom stereocenters. The van der Waals surface area contributed by atoms with E-state index in [-0.39, 0.29) is 5.56 Å². The number of aromatic nitrogens is 6. The first-order chi connectivity index (χ1) is 14.3. The molecular weight excluding hydrogens is 368 g/mol. The molecule has 2 aliphatic rings. The maximum atomic E-state index is 12.2. The molecule has 0 unspecified atom stereocenters. The summed E-state index contributed by atoms with van der Waals surface area (Å²) in [5, 5.41) is 8.62. The van der Waals surface area contributed by atoms with Crippen LogP contribution in [0.25, 0.3) is 5.82 Å². The zero-order valence-corrected chi connectivity index (χ0v) is 16.3. The minimum Gasteiger partial charge on any atom is -0.354 e. The highest BCUT2D eigenvalue weighted by molar-refractivity contribution is 5.38. The molecule has 0 bridgehead atoms. The van der Waals surface area contributed by atoms with Gasteiger partial charge in [-0.1, -0.05) is 0 Å². The van der Waals surface area contributed by atoms with Crippen LogP contribution in [0.2, 0.25) is 0 Å². The van der Waals surface area contributed by atoms with E-state index in [9.17, 15) is 4.79 Å². The van der Waals surface area contributed by atoms with Gasteiger partial charge >= 0.3 is 0 Å². The molecule has 0 amide bonds. The summed E-state index contributed by atoms with van der Waals surface area (Å²) in [6.45, 7) is 5.09. The summed E-state index contributed by atoms with van der Waals surface area (Å²) >= 11 is 0. The van der Waals surface area contributed by atoms with Gasteiger partial charge in [0.2, 0.25) is 0 Å². The Morgan fingerprint density at radius 1 is 0.966 bits per heavy atom. The van der Waals surface area contributed by atoms with E-state index in [1.165, 1.54) is 17.5 Å². The van der Waals surface area contributed by atoms with Crippen LogP contribution >= 0.6 is 0 Å². The van der Waals surface area contributed by atoms with Crippen molar-refractivity contribution >= 4 is 5.82 Å². The van der Waals surface area contributed by atoms with E-state index in [0.29, 0.717) is 18.3 Å². The normalized spacial score (nSPS) is 17.6. The second-order valence-electron chi connectivity index (χ2n) is 7.58. The summed E-state index contributed by atoms with van der Waals surface area (Å²) in [4.78, 5) is 26.0. The van der Waals surface area contributed by atoms with E-state index >= 15 is 0 Å². The summed E-state index contributed by atoms with van der Waals surface area (Å²) in [6.07, 6.45) is 7.82. The lowest BCUT2D eigenvalue weighted by Crippen LogP contribution is -2.48. The zero-order valence-electron chi connectivity index (χ0n) is 16.3. The van der Waals surface area contributed by atoms with Crippen molar-refractivity contribution in [2.75, 3.05) is 37.6 Å². The molecule has 1 saturated carbocycles. The Hall–Kier alpha value is -3.07. The quantitative estimate of drug-likeness (QED) is 0.617. The predicted octanol–water partition coefficient (Wildman–Crippen LogP) is 0.919. The van der Waals surface area contributed by atoms with Crippen LogP contribution < -0.4 is 10.5 Å². The fourth-order valence-electron chi connectivity index (χ4n) is 3.64. The molecule has 2 fully saturated rings. The third-order valence-corrected chi connectivity index (χ3v) is 5.52. The van der Waals surface area contributed by atoms with Crippen LogP contribution in [0.1, 0.15) is 24.6 Å². The molecule has 3 aromatic rings. The SMILES string of the molecule is O=c1ccc(-n2cccn2)nn1CCN1CCN(c2ccnc(C3CC3)n2)CC1. The highest BCUT2D eigenvalue weighted by atomic mass is 16.1. The fourth-order valence-corrected chi connectivity index (χ4v) is 3.64. The minimum absolute atomic E-state index is 0.0897. The van der Waals surface area contributed by atoms with Gasteiger partial charge in [0.1, 0.15) is 11.6 Å². The van der Waals surface area contributed by atoms with Gasteiger partial charge in [-0.15, -0.1) is 5.10 Å². The molecule has 1 saturated heterocycles. The second-order valence-corrected chi connectivity index (χ2v) is 7.58. The topological polar surface area (TPSA) is 85.0 Å². The van der Waals surface area contributed by atoms with E-state index in [1.54, 1.807) is 23.0 Å². The monoisotopic (exact) mass is 392 g/mol. The van der Waals surface area contributed by atoms with Crippen LogP contribution in [-0.4, -0.2) is 67.2 Å². The first kappa shape index (κ1) is 18.0. The van der Waals surface area contributed by atoms with Crippen LogP contribution in [0, 0.1) is 0 Å². The van der Waals surface area contributed by atoms with Crippen molar-refractivity contribution in [3.63, 3.8) is 0 Å². The molecule has 0 N–H and O–H groups in total. The van der Waals surface area contributed by atoms with Gasteiger partial charge in [0.15, 0.2) is 5.82 Å². The van der Waals surface area contributed by atoms with Gasteiger partial charge in [-0.25, -0.2) is 19.3 Å². The standard InChI is InChI=1S/C20H24N8O/c29-19-5-4-18(27-9-1-7-22-27)24-28(19)15-12-25-10-13-26(14-11-25)17-6-8-21-20(23-17)16-2-3-16/h1,4-9,16H,2-3,10-15H2. The maximum absolute atomic E-state index is 12.2. The molecule has 150 valence electrons. The number of anilines is 1. The molecule has 3 aromatic heterocycles. The average Bonchev–Trinajstić information content (AvgIpc) is 3.48. The average molecular weight is 392 g/mol. The smallest absolute Gasteiger partial charge is 0.266 e. The molecule has 5 rings (SSSR count). The van der Waals surface area contributed by atoms with Crippen LogP contribution in [0.3, 0.4) is 0 Å². The molecule has 0 aromatic carbocycles. The van der Waals surface area contributed by atoms with E-state index < -0.39 is 0 Å². The Morgan fingerprint density at radius 3 is 2.59 bits per heavy atom. The minimum atomic E-state index is -0.0897. The highest BCUT2D eigenvalue weighted by Crippen LogP contribution is 2.38. The van der Waals surface area contributed by atoms with Gasteiger partial charge in [-0.3, -0.25) is 9.69 Å². The summed E-state index contributed by atoms with van der Waals surface area (Å²) in [7, 11) is 0. The molecule has 9 nitrogen and oxygen atoms in total. The molecule has 0 radical (unpaired) electrons. The Bertz CT molecular complexity index is 1020. The maximum Gasteiger partial charge on any atom is 0.266 e. The Labute approximate surface area is 168 Å². The molecule has 0 spiro atoms. The van der Waals surface area contributed by atoms with Gasteiger partial charge in [-0.2, -0.15) is 5.10 Å². The van der Waals surface area contributed by atoms with Crippen LogP contribution in [0.4, 0.5) is 5.82 Å². The predicted molar refractivity (Wildman–Crippen MR) is 108 cm³/mol. The van der Waals surface area contributed by atoms with Crippen molar-refractivity contribution in [1.29, 1.82) is 0 Å². The Morgan fingerprint density at radius 2 is 1.83 bits per heavy atom. The van der Waals surface area contributed by atoms with Gasteiger partial charge < -0.3 is 4.90 Å². The lowest BCUT2D eigenvalue weighted by molar-refractivity contribution is 0.242. The van der Waals surface area contributed by atoms with Gasteiger partial charge in [0, 0.05) is 63.3 Å². The Kier molecular flexibility index (Phi) is 4.81. The number of hydrogen-bond acceptors (Lipinski definition) is 7. The van der Waals surface area contributed by atoms with Gasteiger partial charge in [0.05, 0.1) is 6.54 Å². The number of hydrogen-bond donors (Lipinski definition) is 0. The number of piperazine rings is 1. The molecule has 4 heterocycles. The van der Waals surface area contributed by atoms with E-state index in [4.69, 9.17) is 4.98 Å². The van der Waals surface area contributed by atoms with Crippen LogP contribution in [-0.2, 0) is 6.54 Å². The van der Waals surface area contributed by atoms with Crippen molar-refractivity contribution in [2.45, 2.75) is 25.3 Å². The Balaban J connectivity index is 1.18. The largest absolute Gasteiger partial charge is 0.354 e. The molecule has 29 heavy (non-hydrogen) atoms. The van der Waals surface area contributed by atoms with Crippen LogP contribution in [0.5, 0.6) is 0 Å². The summed E-state index contributed by atoms with van der Waals surface area (Å²) in [5.74, 6) is 3.24. The van der Waals surface area contributed by atoms with Gasteiger partial charge in [-0.05, 0) is 31.0 Å². The lowest BCUT2D eigenvalue weighted by Gasteiger charge is -2.35. The van der Waals surface area contributed by atoms with E-state index in [1.807, 2.05) is 24.5 Å². The van der Waals surface area contributed by atoms with Crippen molar-refractivity contribution in [1.82, 2.24) is 34.4 Å². The van der Waals surface area contributed by atoms with Gasteiger partial charge in [0.25, 0.3) is 5.56 Å². The van der Waals surface area contributed by atoms with Crippen molar-refractivity contribution in [2.24, 2.45) is 0 Å². The van der Waals surface area contributed by atoms with E-state index in [2.05, 4.69) is 25.0 Å². The van der Waals surface area contributed by atoms with Crippen molar-refractivity contribution in [3.8, 4) is 5.82 Å². The van der Waals surface area contributed by atoms with E-state index in [0.717, 1.165) is 44.4 Å². The molecular formula is C20H24N8O. The first-order valence-electron chi connectivity index (χ1n) is 10.1. The highest BCUT2D eigenvalue weighted by Gasteiger charge is 2.27. The fraction of sp³-hybridized carbons (Fsp3) is 0.450. The molecule has 1 aliphatic carbocycles. The van der Waals surface area contributed by atoms with Crippen molar-refractivity contribution in [3.05, 3.63) is 59.0 Å². The first-order valence-corrected chi connectivity index (χ1v) is 10.1. The third-order valence-electron chi connectivity index (χ3n) is 5.52. The number of nitrogens with zero attached hydrogens (tertiary/aromatic N) is 8. The number of rotatable bonds is 6. The lowest BCUT2D eigenvalue weighted by atomic mass is 10.3. The molecule has 9 heteroatoms. The summed E-state index contributed by atoms with van der Waals surface area (Å²) < 4.78 is 3.18. The van der Waals surface area contributed by atoms with Crippen LogP contribution in [0.15, 0.2) is 47.7 Å². The summed E-state index contributed by atoms with van der Waals surface area (Å²) in [5.41, 5.74) is -0.0897. The summed E-state index contributed by atoms with van der Waals surface area (Å²) in [6, 6.07) is 7.09. The zero-order chi connectivity index (χ0) is 19.6. The third kappa shape index (κ3) is 4.04. The second kappa shape index (κ2) is 7.75. The molecule has 1 aliphatic heterocycles.